The first-order chi connectivity index (χ1) is 15.4. The molecule has 0 bridgehead atoms. The van der Waals surface area contributed by atoms with Gasteiger partial charge < -0.3 is 15.1 Å². The molecule has 3 aliphatic rings. The lowest BCUT2D eigenvalue weighted by atomic mass is 9.84. The van der Waals surface area contributed by atoms with Crippen LogP contribution in [-0.4, -0.2) is 47.7 Å². The van der Waals surface area contributed by atoms with Crippen molar-refractivity contribution in [3.63, 3.8) is 0 Å². The van der Waals surface area contributed by atoms with Crippen LogP contribution in [0.2, 0.25) is 5.02 Å². The van der Waals surface area contributed by atoms with E-state index in [1.54, 1.807) is 24.5 Å². The van der Waals surface area contributed by atoms with Gasteiger partial charge in [0.15, 0.2) is 0 Å². The van der Waals surface area contributed by atoms with Gasteiger partial charge in [0.1, 0.15) is 0 Å². The lowest BCUT2D eigenvalue weighted by Crippen LogP contribution is -2.59. The van der Waals surface area contributed by atoms with E-state index in [-0.39, 0.29) is 12.1 Å². The Labute approximate surface area is 191 Å². The van der Waals surface area contributed by atoms with Gasteiger partial charge in [0, 0.05) is 37.4 Å². The highest BCUT2D eigenvalue weighted by Gasteiger charge is 2.42. The second kappa shape index (κ2) is 8.71. The fourth-order valence-corrected chi connectivity index (χ4v) is 5.66. The molecule has 172 valence electrons. The Morgan fingerprint density at radius 3 is 2.38 bits per heavy atom. The molecule has 0 radical (unpaired) electrons. The number of anilines is 2. The van der Waals surface area contributed by atoms with E-state index in [0.717, 1.165) is 38.2 Å². The van der Waals surface area contributed by atoms with Crippen molar-refractivity contribution in [1.29, 1.82) is 0 Å². The number of nitrogens with one attached hydrogen (secondary N) is 1. The van der Waals surface area contributed by atoms with Crippen molar-refractivity contribution < 1.29 is 13.2 Å². The maximum atomic E-state index is 13.0. The quantitative estimate of drug-likeness (QED) is 0.692. The molecule has 0 spiro atoms. The molecule has 2 saturated heterocycles. The molecule has 3 fully saturated rings. The second-order valence-electron chi connectivity index (χ2n) is 9.12. The molecule has 9 heteroatoms. The molecule has 0 amide bonds. The number of aromatic nitrogens is 2. The van der Waals surface area contributed by atoms with Gasteiger partial charge in [-0.3, -0.25) is 0 Å². The Kier molecular flexibility index (Phi) is 5.92. The number of alkyl halides is 3. The highest BCUT2D eigenvalue weighted by atomic mass is 35.5. The number of hydrogen-bond acceptors (Lipinski definition) is 5. The molecular formula is C23H27ClF3N5. The molecule has 2 aliphatic heterocycles. The number of benzene rings is 1. The average molecular weight is 466 g/mol. The zero-order valence-corrected chi connectivity index (χ0v) is 18.5. The van der Waals surface area contributed by atoms with E-state index in [1.165, 1.54) is 31.4 Å². The van der Waals surface area contributed by atoms with E-state index < -0.39 is 11.7 Å². The lowest BCUT2D eigenvalue weighted by Gasteiger charge is -2.44. The number of rotatable bonds is 2. The maximum Gasteiger partial charge on any atom is 0.416 e. The van der Waals surface area contributed by atoms with E-state index in [1.807, 2.05) is 0 Å². The molecule has 1 aliphatic carbocycles. The van der Waals surface area contributed by atoms with Crippen LogP contribution in [0.1, 0.15) is 37.7 Å². The van der Waals surface area contributed by atoms with Gasteiger partial charge in [-0.15, -0.1) is 0 Å². The molecule has 1 saturated carbocycles. The van der Waals surface area contributed by atoms with Crippen molar-refractivity contribution >= 4 is 23.2 Å². The molecule has 1 N–H and O–H groups in total. The molecule has 4 unspecified atom stereocenters. The first-order valence-corrected chi connectivity index (χ1v) is 11.7. The summed E-state index contributed by atoms with van der Waals surface area (Å²) in [4.78, 5) is 13.6. The molecule has 32 heavy (non-hydrogen) atoms. The van der Waals surface area contributed by atoms with Gasteiger partial charge in [-0.2, -0.15) is 13.2 Å². The van der Waals surface area contributed by atoms with Crippen molar-refractivity contribution in [3.05, 3.63) is 47.2 Å². The summed E-state index contributed by atoms with van der Waals surface area (Å²) >= 11 is 6.02. The van der Waals surface area contributed by atoms with E-state index >= 15 is 0 Å². The number of halogens is 4. The normalized spacial score (nSPS) is 28.6. The van der Waals surface area contributed by atoms with Gasteiger partial charge in [0.2, 0.25) is 5.95 Å². The Bertz CT molecular complexity index is 921. The molecule has 3 heterocycles. The summed E-state index contributed by atoms with van der Waals surface area (Å²) in [6.45, 7) is 2.43. The molecule has 4 atom stereocenters. The smallest absolute Gasteiger partial charge is 0.370 e. The van der Waals surface area contributed by atoms with E-state index in [4.69, 9.17) is 11.6 Å². The van der Waals surface area contributed by atoms with Crippen molar-refractivity contribution in [2.75, 3.05) is 29.4 Å². The van der Waals surface area contributed by atoms with Crippen LogP contribution in [-0.2, 0) is 6.18 Å². The topological polar surface area (TPSA) is 44.3 Å². The fraction of sp³-hybridized carbons (Fsp3) is 0.565. The van der Waals surface area contributed by atoms with Crippen molar-refractivity contribution in [2.24, 2.45) is 5.92 Å². The summed E-state index contributed by atoms with van der Waals surface area (Å²) in [5.74, 6) is 1.24. The molecule has 1 aromatic heterocycles. The van der Waals surface area contributed by atoms with E-state index in [0.29, 0.717) is 22.9 Å². The van der Waals surface area contributed by atoms with Gasteiger partial charge >= 0.3 is 6.18 Å². The SMILES string of the molecule is FC(F)(F)c1ccc(N2CCC3C(C2)NC2CCCCC2CN3c2ncc(Cl)cn2)cc1. The minimum atomic E-state index is -4.32. The van der Waals surface area contributed by atoms with Gasteiger partial charge in [-0.25, -0.2) is 9.97 Å². The summed E-state index contributed by atoms with van der Waals surface area (Å²) in [5, 5.41) is 4.44. The third-order valence-electron chi connectivity index (χ3n) is 7.17. The van der Waals surface area contributed by atoms with Gasteiger partial charge in [-0.05, 0) is 49.4 Å². The van der Waals surface area contributed by atoms with Crippen molar-refractivity contribution in [1.82, 2.24) is 15.3 Å². The maximum absolute atomic E-state index is 13.0. The summed E-state index contributed by atoms with van der Waals surface area (Å²) in [7, 11) is 0. The highest BCUT2D eigenvalue weighted by Crippen LogP contribution is 2.35. The molecule has 5 nitrogen and oxygen atoms in total. The van der Waals surface area contributed by atoms with Crippen LogP contribution in [0.15, 0.2) is 36.7 Å². The Balaban J connectivity index is 1.40. The Hall–Kier alpha value is -2.06. The van der Waals surface area contributed by atoms with Crippen LogP contribution in [0, 0.1) is 5.92 Å². The van der Waals surface area contributed by atoms with Gasteiger partial charge in [-0.1, -0.05) is 24.4 Å². The van der Waals surface area contributed by atoms with Crippen molar-refractivity contribution in [2.45, 2.75) is 56.4 Å². The first kappa shape index (κ1) is 21.8. The molecule has 5 rings (SSSR count). The largest absolute Gasteiger partial charge is 0.416 e. The van der Waals surface area contributed by atoms with Gasteiger partial charge in [0.05, 0.1) is 29.0 Å². The van der Waals surface area contributed by atoms with Crippen LogP contribution >= 0.6 is 11.6 Å². The van der Waals surface area contributed by atoms with E-state index in [9.17, 15) is 13.2 Å². The molecular weight excluding hydrogens is 439 g/mol. The van der Waals surface area contributed by atoms with Crippen LogP contribution in [0.5, 0.6) is 0 Å². The predicted octanol–water partition coefficient (Wildman–Crippen LogP) is 4.76. The summed E-state index contributed by atoms with van der Waals surface area (Å²) < 4.78 is 38.9. The van der Waals surface area contributed by atoms with Crippen LogP contribution < -0.4 is 15.1 Å². The summed E-state index contributed by atoms with van der Waals surface area (Å²) in [6, 6.07) is 6.37. The zero-order chi connectivity index (χ0) is 22.3. The Morgan fingerprint density at radius 2 is 1.66 bits per heavy atom. The minimum Gasteiger partial charge on any atom is -0.370 e. The summed E-state index contributed by atoms with van der Waals surface area (Å²) in [6.07, 6.45) is 4.66. The van der Waals surface area contributed by atoms with Crippen molar-refractivity contribution in [3.8, 4) is 0 Å². The fourth-order valence-electron chi connectivity index (χ4n) is 5.56. The Morgan fingerprint density at radius 1 is 0.938 bits per heavy atom. The molecule has 2 aromatic rings. The third-order valence-corrected chi connectivity index (χ3v) is 7.36. The van der Waals surface area contributed by atoms with Gasteiger partial charge in [0.25, 0.3) is 0 Å². The second-order valence-corrected chi connectivity index (χ2v) is 9.56. The van der Waals surface area contributed by atoms with Crippen LogP contribution in [0.25, 0.3) is 0 Å². The number of fused-ring (bicyclic) bond motifs is 2. The predicted molar refractivity (Wildman–Crippen MR) is 119 cm³/mol. The zero-order valence-electron chi connectivity index (χ0n) is 17.7. The lowest BCUT2D eigenvalue weighted by molar-refractivity contribution is -0.137. The molecule has 1 aromatic carbocycles. The van der Waals surface area contributed by atoms with Crippen LogP contribution in [0.3, 0.4) is 0 Å². The summed E-state index contributed by atoms with van der Waals surface area (Å²) in [5.41, 5.74) is 0.219. The number of hydrogen-bond donors (Lipinski definition) is 1. The highest BCUT2D eigenvalue weighted by molar-refractivity contribution is 6.30. The number of nitrogens with zero attached hydrogens (tertiary/aromatic N) is 4. The third kappa shape index (κ3) is 4.39. The number of piperidine rings is 1. The van der Waals surface area contributed by atoms with E-state index in [2.05, 4.69) is 25.1 Å². The minimum absolute atomic E-state index is 0.179. The first-order valence-electron chi connectivity index (χ1n) is 11.3. The van der Waals surface area contributed by atoms with Crippen LogP contribution in [0.4, 0.5) is 24.8 Å². The average Bonchev–Trinajstić information content (AvgIpc) is 2.95. The standard InChI is InChI=1S/C23H27ClF3N5/c24-17-11-28-22(29-12-17)32-13-15-3-1-2-4-19(15)30-20-14-31(10-9-21(20)32)18-7-5-16(6-8-18)23(25,26)27/h5-8,11-12,15,19-21,30H,1-4,9-10,13-14H2. The monoisotopic (exact) mass is 465 g/mol.